The summed E-state index contributed by atoms with van der Waals surface area (Å²) in [5.74, 6) is 0.0894. The maximum atomic E-state index is 12.9. The van der Waals surface area contributed by atoms with Gasteiger partial charge in [-0.15, -0.1) is 0 Å². The van der Waals surface area contributed by atoms with Crippen LogP contribution in [0.2, 0.25) is 5.02 Å². The molecule has 0 bridgehead atoms. The van der Waals surface area contributed by atoms with E-state index in [4.69, 9.17) is 25.8 Å². The Balaban J connectivity index is 1.73. The molecule has 4 rings (SSSR count). The van der Waals surface area contributed by atoms with Crippen LogP contribution in [-0.4, -0.2) is 26.0 Å². The number of halogens is 1. The van der Waals surface area contributed by atoms with E-state index in [9.17, 15) is 9.59 Å². The summed E-state index contributed by atoms with van der Waals surface area (Å²) >= 11 is 6.24. The van der Waals surface area contributed by atoms with Crippen molar-refractivity contribution in [2.75, 3.05) is 14.2 Å². The maximum Gasteiger partial charge on any atom is 0.336 e. The zero-order valence-electron chi connectivity index (χ0n) is 18.9. The van der Waals surface area contributed by atoms with Gasteiger partial charge in [0, 0.05) is 39.9 Å². The van der Waals surface area contributed by atoms with Gasteiger partial charge < -0.3 is 19.5 Å². The van der Waals surface area contributed by atoms with Gasteiger partial charge >= 0.3 is 5.97 Å². The van der Waals surface area contributed by atoms with E-state index in [1.54, 1.807) is 13.2 Å². The second-order valence-corrected chi connectivity index (χ2v) is 8.45. The van der Waals surface area contributed by atoms with Crippen molar-refractivity contribution < 1.29 is 23.8 Å². The normalized spacial score (nSPS) is 17.9. The highest BCUT2D eigenvalue weighted by Crippen LogP contribution is 2.44. The van der Waals surface area contributed by atoms with Crippen LogP contribution >= 0.6 is 11.6 Å². The van der Waals surface area contributed by atoms with Crippen molar-refractivity contribution in [3.05, 3.63) is 81.2 Å². The van der Waals surface area contributed by atoms with Crippen molar-refractivity contribution in [2.24, 2.45) is 0 Å². The molecule has 0 spiro atoms. The number of hydrogen-bond donors (Lipinski definition) is 1. The Bertz CT molecular complexity index is 1170. The molecule has 0 amide bonds. The Hall–Kier alpha value is -3.25. The molecule has 1 atom stereocenters. The van der Waals surface area contributed by atoms with Gasteiger partial charge in [-0.3, -0.25) is 4.79 Å². The monoisotopic (exact) mass is 467 g/mol. The largest absolute Gasteiger partial charge is 0.493 e. The predicted molar refractivity (Wildman–Crippen MR) is 125 cm³/mol. The summed E-state index contributed by atoms with van der Waals surface area (Å²) in [6.07, 6.45) is 2.01. The molecule has 33 heavy (non-hydrogen) atoms. The third-order valence-electron chi connectivity index (χ3n) is 6.04. The van der Waals surface area contributed by atoms with Crippen LogP contribution in [0.5, 0.6) is 11.5 Å². The molecule has 2 aromatic carbocycles. The molecule has 0 saturated carbocycles. The third-order valence-corrected chi connectivity index (χ3v) is 6.41. The Labute approximate surface area is 198 Å². The van der Waals surface area contributed by atoms with E-state index in [1.807, 2.05) is 43.3 Å². The van der Waals surface area contributed by atoms with E-state index in [0.717, 1.165) is 29.7 Å². The number of carbonyl (C=O) groups is 2. The number of ether oxygens (including phenoxy) is 3. The van der Waals surface area contributed by atoms with Crippen molar-refractivity contribution >= 4 is 23.4 Å². The lowest BCUT2D eigenvalue weighted by molar-refractivity contribution is -0.136. The average Bonchev–Trinajstić information content (AvgIpc) is 2.82. The van der Waals surface area contributed by atoms with Gasteiger partial charge in [-0.2, -0.15) is 0 Å². The van der Waals surface area contributed by atoms with Gasteiger partial charge in [0.2, 0.25) is 0 Å². The molecule has 0 unspecified atom stereocenters. The minimum absolute atomic E-state index is 0.0423. The lowest BCUT2D eigenvalue weighted by Crippen LogP contribution is -2.34. The highest BCUT2D eigenvalue weighted by molar-refractivity contribution is 6.31. The van der Waals surface area contributed by atoms with Gasteiger partial charge in [0.1, 0.15) is 6.61 Å². The highest BCUT2D eigenvalue weighted by Gasteiger charge is 2.39. The maximum absolute atomic E-state index is 12.9. The number of methoxy groups -OCH3 is 2. The van der Waals surface area contributed by atoms with Crippen LogP contribution in [0.3, 0.4) is 0 Å². The summed E-state index contributed by atoms with van der Waals surface area (Å²) in [6.45, 7) is 2.11. The van der Waals surface area contributed by atoms with E-state index in [0.29, 0.717) is 39.8 Å². The Morgan fingerprint density at radius 3 is 2.64 bits per heavy atom. The molecule has 0 saturated heterocycles. The van der Waals surface area contributed by atoms with Gasteiger partial charge in [0.15, 0.2) is 17.3 Å². The molecular formula is C26H26ClNO5. The topological polar surface area (TPSA) is 73.9 Å². The number of rotatable bonds is 6. The van der Waals surface area contributed by atoms with Crippen LogP contribution in [0.15, 0.2) is 65.0 Å². The minimum Gasteiger partial charge on any atom is -0.493 e. The van der Waals surface area contributed by atoms with Gasteiger partial charge in [-0.05, 0) is 43.5 Å². The van der Waals surface area contributed by atoms with E-state index in [1.165, 1.54) is 7.11 Å². The molecule has 172 valence electrons. The minimum atomic E-state index is -0.534. The quantitative estimate of drug-likeness (QED) is 0.598. The first-order valence-electron chi connectivity index (χ1n) is 10.8. The van der Waals surface area contributed by atoms with Crippen molar-refractivity contribution in [1.29, 1.82) is 0 Å². The van der Waals surface area contributed by atoms with Crippen molar-refractivity contribution in [3.63, 3.8) is 0 Å². The number of dihydropyridines is 1. The molecule has 1 aliphatic heterocycles. The molecular weight excluding hydrogens is 442 g/mol. The Kier molecular flexibility index (Phi) is 6.75. The van der Waals surface area contributed by atoms with Crippen molar-refractivity contribution in [2.45, 2.75) is 38.7 Å². The standard InChI is InChI=1S/C26H26ClNO5/c1-15-23(26(30)32-3)24(25-19(28-15)9-6-10-20(25)29)16-11-12-21(22(13-16)31-2)33-14-17-7-4-5-8-18(17)27/h4-5,7-8,11-13,24,28H,6,9-10,14H2,1-3H3/t24-/m0/s1. The summed E-state index contributed by atoms with van der Waals surface area (Å²) in [6, 6.07) is 13.0. The molecule has 1 aliphatic carbocycles. The van der Waals surface area contributed by atoms with E-state index in [2.05, 4.69) is 5.32 Å². The molecule has 0 fully saturated rings. The van der Waals surface area contributed by atoms with Gasteiger partial charge in [0.05, 0.1) is 19.8 Å². The predicted octanol–water partition coefficient (Wildman–Crippen LogP) is 5.07. The van der Waals surface area contributed by atoms with Crippen LogP contribution < -0.4 is 14.8 Å². The van der Waals surface area contributed by atoms with Crippen LogP contribution in [-0.2, 0) is 20.9 Å². The summed E-state index contributed by atoms with van der Waals surface area (Å²) in [7, 11) is 2.90. The number of allylic oxidation sites excluding steroid dienone is 3. The highest BCUT2D eigenvalue weighted by atomic mass is 35.5. The third kappa shape index (κ3) is 4.48. The number of carbonyl (C=O) groups excluding carboxylic acids is 2. The van der Waals surface area contributed by atoms with E-state index >= 15 is 0 Å². The Morgan fingerprint density at radius 2 is 1.91 bits per heavy atom. The van der Waals surface area contributed by atoms with E-state index < -0.39 is 11.9 Å². The number of Topliss-reactive ketones (excluding diaryl/α,β-unsaturated/α-hetero) is 1. The first-order valence-corrected chi connectivity index (χ1v) is 11.2. The number of esters is 1. The van der Waals surface area contributed by atoms with E-state index in [-0.39, 0.29) is 12.4 Å². The summed E-state index contributed by atoms with van der Waals surface area (Å²) in [5.41, 5.74) is 4.24. The molecule has 6 nitrogen and oxygen atoms in total. The summed E-state index contributed by atoms with van der Waals surface area (Å²) in [4.78, 5) is 25.7. The van der Waals surface area contributed by atoms with Crippen LogP contribution in [0.25, 0.3) is 0 Å². The molecule has 1 heterocycles. The fourth-order valence-corrected chi connectivity index (χ4v) is 4.64. The summed E-state index contributed by atoms with van der Waals surface area (Å²) < 4.78 is 16.6. The fourth-order valence-electron chi connectivity index (χ4n) is 4.45. The fraction of sp³-hybridized carbons (Fsp3) is 0.308. The van der Waals surface area contributed by atoms with Crippen LogP contribution in [0.1, 0.15) is 43.2 Å². The molecule has 0 aromatic heterocycles. The SMILES string of the molecule is COC(=O)C1=C(C)NC2=C(C(=O)CCC2)[C@H]1c1ccc(OCc2ccccc2Cl)c(OC)c1. The van der Waals surface area contributed by atoms with Crippen LogP contribution in [0.4, 0.5) is 0 Å². The first kappa shape index (κ1) is 22.9. The zero-order chi connectivity index (χ0) is 23.5. The average molecular weight is 468 g/mol. The Morgan fingerprint density at radius 1 is 1.12 bits per heavy atom. The van der Waals surface area contributed by atoms with Gasteiger partial charge in [0.25, 0.3) is 0 Å². The smallest absolute Gasteiger partial charge is 0.336 e. The number of ketones is 1. The zero-order valence-corrected chi connectivity index (χ0v) is 19.6. The number of nitrogens with one attached hydrogen (secondary N) is 1. The molecule has 1 N–H and O–H groups in total. The van der Waals surface area contributed by atoms with Crippen molar-refractivity contribution in [1.82, 2.24) is 5.32 Å². The second-order valence-electron chi connectivity index (χ2n) is 8.05. The lowest BCUT2D eigenvalue weighted by atomic mass is 9.75. The number of hydrogen-bond acceptors (Lipinski definition) is 6. The van der Waals surface area contributed by atoms with Gasteiger partial charge in [-0.25, -0.2) is 4.79 Å². The number of benzene rings is 2. The summed E-state index contributed by atoms with van der Waals surface area (Å²) in [5, 5.41) is 3.89. The first-order chi connectivity index (χ1) is 15.9. The molecule has 2 aromatic rings. The second kappa shape index (κ2) is 9.71. The van der Waals surface area contributed by atoms with Gasteiger partial charge in [-0.1, -0.05) is 35.9 Å². The van der Waals surface area contributed by atoms with Crippen LogP contribution in [0, 0.1) is 0 Å². The lowest BCUT2D eigenvalue weighted by Gasteiger charge is -2.34. The molecule has 0 radical (unpaired) electrons. The van der Waals surface area contributed by atoms with Crippen molar-refractivity contribution in [3.8, 4) is 11.5 Å². The molecule has 2 aliphatic rings. The molecule has 7 heteroatoms.